The van der Waals surface area contributed by atoms with Gasteiger partial charge in [-0.05, 0) is 31.5 Å². The number of anilines is 1. The molecule has 0 amide bonds. The topological polar surface area (TPSA) is 53.1 Å². The van der Waals surface area contributed by atoms with Gasteiger partial charge in [0, 0.05) is 18.5 Å². The monoisotopic (exact) mass is 277 g/mol. The molecular weight excluding hydrogens is 257 g/mol. The minimum absolute atomic E-state index is 0.219. The Morgan fingerprint density at radius 1 is 1.35 bits per heavy atom. The number of aromatic nitrogens is 2. The Hall–Kier alpha value is -2.04. The van der Waals surface area contributed by atoms with Crippen molar-refractivity contribution in [2.45, 2.75) is 33.2 Å². The maximum Gasteiger partial charge on any atom is 0.165 e. The molecule has 5 heteroatoms. The van der Waals surface area contributed by atoms with Crippen molar-refractivity contribution in [3.05, 3.63) is 29.8 Å². The van der Waals surface area contributed by atoms with Crippen LogP contribution in [0.2, 0.25) is 0 Å². The van der Waals surface area contributed by atoms with Crippen LogP contribution in [0.5, 0.6) is 5.75 Å². The molecule has 0 bridgehead atoms. The van der Waals surface area contributed by atoms with Crippen molar-refractivity contribution in [3.8, 4) is 17.0 Å². The van der Waals surface area contributed by atoms with E-state index in [4.69, 9.17) is 10.5 Å². The van der Waals surface area contributed by atoms with Gasteiger partial charge >= 0.3 is 0 Å². The second-order valence-electron chi connectivity index (χ2n) is 4.61. The second kappa shape index (κ2) is 5.94. The zero-order valence-corrected chi connectivity index (χ0v) is 12.1. The molecule has 0 saturated heterocycles. The quantitative estimate of drug-likeness (QED) is 0.912. The number of rotatable bonds is 5. The summed E-state index contributed by atoms with van der Waals surface area (Å²) >= 11 is 0. The molecule has 1 aromatic carbocycles. The number of nitrogen functional groups attached to an aromatic ring is 1. The Morgan fingerprint density at radius 2 is 2.10 bits per heavy atom. The fourth-order valence-electron chi connectivity index (χ4n) is 2.31. The molecule has 0 aliphatic carbocycles. The van der Waals surface area contributed by atoms with Crippen LogP contribution in [0.4, 0.5) is 10.2 Å². The number of hydrogen-bond acceptors (Lipinski definition) is 3. The summed E-state index contributed by atoms with van der Waals surface area (Å²) in [7, 11) is 1.44. The number of benzene rings is 1. The Morgan fingerprint density at radius 3 is 2.65 bits per heavy atom. The normalized spacial score (nSPS) is 10.8. The van der Waals surface area contributed by atoms with E-state index in [0.717, 1.165) is 25.2 Å². The van der Waals surface area contributed by atoms with Crippen molar-refractivity contribution in [1.82, 2.24) is 9.55 Å². The first-order chi connectivity index (χ1) is 9.62. The maximum atomic E-state index is 13.8. The fourth-order valence-corrected chi connectivity index (χ4v) is 2.31. The Bertz CT molecular complexity index is 607. The molecule has 2 rings (SSSR count). The van der Waals surface area contributed by atoms with E-state index < -0.39 is 5.82 Å². The van der Waals surface area contributed by atoms with Gasteiger partial charge in [-0.3, -0.25) is 0 Å². The number of ether oxygens (including phenoxy) is 1. The number of methoxy groups -OCH3 is 1. The zero-order chi connectivity index (χ0) is 14.7. The predicted octanol–water partition coefficient (Wildman–Crippen LogP) is 3.25. The number of aryl methyl sites for hydroxylation is 1. The minimum Gasteiger partial charge on any atom is -0.494 e. The van der Waals surface area contributed by atoms with Crippen molar-refractivity contribution in [2.24, 2.45) is 0 Å². The molecule has 0 radical (unpaired) electrons. The third-order valence-electron chi connectivity index (χ3n) is 3.30. The molecule has 0 unspecified atom stereocenters. The first kappa shape index (κ1) is 14.4. The number of nitrogens with two attached hydrogens (primary N) is 1. The van der Waals surface area contributed by atoms with Crippen LogP contribution in [0.1, 0.15) is 26.1 Å². The molecule has 1 heterocycles. The van der Waals surface area contributed by atoms with Gasteiger partial charge in [0.25, 0.3) is 0 Å². The first-order valence-corrected chi connectivity index (χ1v) is 6.81. The van der Waals surface area contributed by atoms with E-state index >= 15 is 0 Å². The molecular formula is C15H20FN3O. The molecule has 4 nitrogen and oxygen atoms in total. The van der Waals surface area contributed by atoms with E-state index in [0.29, 0.717) is 17.1 Å². The van der Waals surface area contributed by atoms with Gasteiger partial charge in [0.2, 0.25) is 0 Å². The summed E-state index contributed by atoms with van der Waals surface area (Å²) in [4.78, 5) is 4.57. The van der Waals surface area contributed by atoms with Crippen LogP contribution in [-0.2, 0) is 13.0 Å². The highest BCUT2D eigenvalue weighted by Gasteiger charge is 2.16. The summed E-state index contributed by atoms with van der Waals surface area (Å²) in [5.41, 5.74) is 7.45. The van der Waals surface area contributed by atoms with Crippen molar-refractivity contribution in [2.75, 3.05) is 12.8 Å². The van der Waals surface area contributed by atoms with Crippen molar-refractivity contribution in [1.29, 1.82) is 0 Å². The largest absolute Gasteiger partial charge is 0.494 e. The SMILES string of the molecule is CCCc1nc(-c2ccc(OC)c(F)c2)c(N)n1CC. The van der Waals surface area contributed by atoms with Crippen LogP contribution < -0.4 is 10.5 Å². The molecule has 1 aromatic heterocycles. The van der Waals surface area contributed by atoms with Crippen molar-refractivity contribution in [3.63, 3.8) is 0 Å². The van der Waals surface area contributed by atoms with Gasteiger partial charge in [0.1, 0.15) is 17.3 Å². The third kappa shape index (κ3) is 2.48. The molecule has 2 aromatic rings. The Kier molecular flexibility index (Phi) is 4.27. The number of halogens is 1. The lowest BCUT2D eigenvalue weighted by Crippen LogP contribution is -2.05. The van der Waals surface area contributed by atoms with Crippen molar-refractivity contribution < 1.29 is 9.13 Å². The Labute approximate surface area is 118 Å². The molecule has 108 valence electrons. The molecule has 20 heavy (non-hydrogen) atoms. The third-order valence-corrected chi connectivity index (χ3v) is 3.30. The summed E-state index contributed by atoms with van der Waals surface area (Å²) in [6.07, 6.45) is 1.85. The number of imidazole rings is 1. The van der Waals surface area contributed by atoms with E-state index in [1.54, 1.807) is 12.1 Å². The minimum atomic E-state index is -0.410. The average molecular weight is 277 g/mol. The molecule has 0 saturated carbocycles. The van der Waals surface area contributed by atoms with E-state index in [1.807, 2.05) is 11.5 Å². The summed E-state index contributed by atoms with van der Waals surface area (Å²) in [6, 6.07) is 4.78. The highest BCUT2D eigenvalue weighted by molar-refractivity contribution is 5.71. The average Bonchev–Trinajstić information content (AvgIpc) is 2.75. The molecule has 0 atom stereocenters. The van der Waals surface area contributed by atoms with Crippen LogP contribution in [-0.4, -0.2) is 16.7 Å². The van der Waals surface area contributed by atoms with E-state index in [-0.39, 0.29) is 5.75 Å². The van der Waals surface area contributed by atoms with E-state index in [1.165, 1.54) is 13.2 Å². The number of hydrogen-bond donors (Lipinski definition) is 1. The fraction of sp³-hybridized carbons (Fsp3) is 0.400. The highest BCUT2D eigenvalue weighted by Crippen LogP contribution is 2.30. The highest BCUT2D eigenvalue weighted by atomic mass is 19.1. The summed E-state index contributed by atoms with van der Waals surface area (Å²) in [5.74, 6) is 1.34. The predicted molar refractivity (Wildman–Crippen MR) is 78.3 cm³/mol. The van der Waals surface area contributed by atoms with Gasteiger partial charge < -0.3 is 15.0 Å². The summed E-state index contributed by atoms with van der Waals surface area (Å²) in [5, 5.41) is 0. The van der Waals surface area contributed by atoms with Crippen LogP contribution >= 0.6 is 0 Å². The summed E-state index contributed by atoms with van der Waals surface area (Å²) < 4.78 is 20.7. The van der Waals surface area contributed by atoms with Crippen LogP contribution in [0.3, 0.4) is 0 Å². The molecule has 0 spiro atoms. The van der Waals surface area contributed by atoms with Crippen LogP contribution in [0.25, 0.3) is 11.3 Å². The molecule has 0 fully saturated rings. The second-order valence-corrected chi connectivity index (χ2v) is 4.61. The Balaban J connectivity index is 2.49. The van der Waals surface area contributed by atoms with Gasteiger partial charge in [0.15, 0.2) is 11.6 Å². The summed E-state index contributed by atoms with van der Waals surface area (Å²) in [6.45, 7) is 4.87. The maximum absolute atomic E-state index is 13.8. The standard InChI is InChI=1S/C15H20FN3O/c1-4-6-13-18-14(15(17)19(13)5-2)10-7-8-12(20-3)11(16)9-10/h7-9H,4-6,17H2,1-3H3. The molecule has 0 aliphatic rings. The zero-order valence-electron chi connectivity index (χ0n) is 12.1. The van der Waals surface area contributed by atoms with Crippen molar-refractivity contribution >= 4 is 5.82 Å². The van der Waals surface area contributed by atoms with Gasteiger partial charge in [0.05, 0.1) is 7.11 Å². The van der Waals surface area contributed by atoms with Gasteiger partial charge in [-0.25, -0.2) is 9.37 Å². The van der Waals surface area contributed by atoms with Crippen LogP contribution in [0, 0.1) is 5.82 Å². The lowest BCUT2D eigenvalue weighted by Gasteiger charge is -2.06. The van der Waals surface area contributed by atoms with Crippen LogP contribution in [0.15, 0.2) is 18.2 Å². The first-order valence-electron chi connectivity index (χ1n) is 6.81. The van der Waals surface area contributed by atoms with E-state index in [9.17, 15) is 4.39 Å². The van der Waals surface area contributed by atoms with Gasteiger partial charge in [-0.1, -0.05) is 6.92 Å². The van der Waals surface area contributed by atoms with E-state index in [2.05, 4.69) is 11.9 Å². The lowest BCUT2D eigenvalue weighted by molar-refractivity contribution is 0.386. The smallest absolute Gasteiger partial charge is 0.165 e. The molecule has 0 aliphatic heterocycles. The number of nitrogens with zero attached hydrogens (tertiary/aromatic N) is 2. The van der Waals surface area contributed by atoms with Gasteiger partial charge in [-0.15, -0.1) is 0 Å². The van der Waals surface area contributed by atoms with Gasteiger partial charge in [-0.2, -0.15) is 0 Å². The lowest BCUT2D eigenvalue weighted by atomic mass is 10.1. The molecule has 2 N–H and O–H groups in total.